The van der Waals surface area contributed by atoms with E-state index in [2.05, 4.69) is 4.98 Å². The second-order valence-electron chi connectivity index (χ2n) is 4.49. The fourth-order valence-electron chi connectivity index (χ4n) is 1.77. The van der Waals surface area contributed by atoms with Crippen LogP contribution in [0.1, 0.15) is 10.4 Å². The van der Waals surface area contributed by atoms with Gasteiger partial charge in [-0.1, -0.05) is 6.07 Å². The van der Waals surface area contributed by atoms with Crippen LogP contribution >= 0.6 is 0 Å². The summed E-state index contributed by atoms with van der Waals surface area (Å²) < 4.78 is 36.6. The molecule has 0 N–H and O–H groups in total. The summed E-state index contributed by atoms with van der Waals surface area (Å²) in [6.45, 7) is 0. The molecule has 7 heteroatoms. The molecule has 1 heterocycles. The summed E-state index contributed by atoms with van der Waals surface area (Å²) in [5.74, 6) is -1.31. The Kier molecular flexibility index (Phi) is 4.04. The SMILES string of the molecule is CN(C(=O)c1ccncc1F)c1cccc(S(C)(=O)=O)c1. The molecule has 21 heavy (non-hydrogen) atoms. The van der Waals surface area contributed by atoms with Crippen molar-refractivity contribution in [2.45, 2.75) is 4.90 Å². The average molecular weight is 308 g/mol. The number of carbonyl (C=O) groups excluding carboxylic acids is 1. The first kappa shape index (κ1) is 15.1. The van der Waals surface area contributed by atoms with Crippen LogP contribution in [0.15, 0.2) is 47.6 Å². The quantitative estimate of drug-likeness (QED) is 0.868. The van der Waals surface area contributed by atoms with Crippen LogP contribution in [0, 0.1) is 5.82 Å². The van der Waals surface area contributed by atoms with Gasteiger partial charge in [0.2, 0.25) is 0 Å². The Morgan fingerprint density at radius 3 is 2.62 bits per heavy atom. The summed E-state index contributed by atoms with van der Waals surface area (Å²) in [5, 5.41) is 0. The molecule has 1 amide bonds. The maximum absolute atomic E-state index is 13.6. The number of hydrogen-bond donors (Lipinski definition) is 0. The van der Waals surface area contributed by atoms with Gasteiger partial charge in [0.25, 0.3) is 5.91 Å². The molecule has 2 aromatic rings. The number of sulfone groups is 1. The van der Waals surface area contributed by atoms with E-state index in [0.29, 0.717) is 5.69 Å². The summed E-state index contributed by atoms with van der Waals surface area (Å²) >= 11 is 0. The molecule has 0 radical (unpaired) electrons. The molecule has 0 saturated carbocycles. The molecular weight excluding hydrogens is 295 g/mol. The van der Waals surface area contributed by atoms with Crippen molar-refractivity contribution in [1.82, 2.24) is 4.98 Å². The van der Waals surface area contributed by atoms with Gasteiger partial charge in [0.05, 0.1) is 16.7 Å². The van der Waals surface area contributed by atoms with Gasteiger partial charge in [0, 0.05) is 25.2 Å². The first-order valence-electron chi connectivity index (χ1n) is 5.98. The Balaban J connectivity index is 2.39. The average Bonchev–Trinajstić information content (AvgIpc) is 2.45. The minimum absolute atomic E-state index is 0.0925. The Bertz CT molecular complexity index is 790. The standard InChI is InChI=1S/C14H13FN2O3S/c1-17(14(18)12-6-7-16-9-13(12)15)10-4-3-5-11(8-10)21(2,19)20/h3-9H,1-2H3. The Morgan fingerprint density at radius 1 is 1.29 bits per heavy atom. The Hall–Kier alpha value is -2.28. The fourth-order valence-corrected chi connectivity index (χ4v) is 2.43. The van der Waals surface area contributed by atoms with Crippen LogP contribution in [0.25, 0.3) is 0 Å². The van der Waals surface area contributed by atoms with Crippen LogP contribution < -0.4 is 4.90 Å². The minimum atomic E-state index is -3.38. The van der Waals surface area contributed by atoms with E-state index in [0.717, 1.165) is 12.5 Å². The van der Waals surface area contributed by atoms with Crippen molar-refractivity contribution in [3.63, 3.8) is 0 Å². The summed E-state index contributed by atoms with van der Waals surface area (Å²) in [6.07, 6.45) is 3.35. The van der Waals surface area contributed by atoms with Gasteiger partial charge in [-0.2, -0.15) is 0 Å². The number of anilines is 1. The molecule has 0 aliphatic rings. The predicted octanol–water partition coefficient (Wildman–Crippen LogP) is 1.90. The molecular formula is C14H13FN2O3S. The maximum atomic E-state index is 13.6. The van der Waals surface area contributed by atoms with E-state index in [1.165, 1.54) is 42.4 Å². The van der Waals surface area contributed by atoms with Crippen LogP contribution in [0.3, 0.4) is 0 Å². The monoisotopic (exact) mass is 308 g/mol. The highest BCUT2D eigenvalue weighted by atomic mass is 32.2. The van der Waals surface area contributed by atoms with Crippen LogP contribution in [-0.2, 0) is 9.84 Å². The highest BCUT2D eigenvalue weighted by Gasteiger charge is 2.18. The normalized spacial score (nSPS) is 11.2. The van der Waals surface area contributed by atoms with Gasteiger partial charge in [-0.15, -0.1) is 0 Å². The molecule has 0 atom stereocenters. The van der Waals surface area contributed by atoms with E-state index >= 15 is 0 Å². The van der Waals surface area contributed by atoms with Crippen LogP contribution in [-0.4, -0.2) is 32.6 Å². The van der Waals surface area contributed by atoms with E-state index in [-0.39, 0.29) is 10.5 Å². The van der Waals surface area contributed by atoms with Gasteiger partial charge in [-0.3, -0.25) is 9.78 Å². The van der Waals surface area contributed by atoms with E-state index in [1.54, 1.807) is 6.07 Å². The number of nitrogens with zero attached hydrogens (tertiary/aromatic N) is 2. The number of rotatable bonds is 3. The summed E-state index contributed by atoms with van der Waals surface area (Å²) in [7, 11) is -1.93. The molecule has 110 valence electrons. The third-order valence-corrected chi connectivity index (χ3v) is 4.05. The van der Waals surface area contributed by atoms with Gasteiger partial charge in [-0.25, -0.2) is 12.8 Å². The fraction of sp³-hybridized carbons (Fsp3) is 0.143. The highest BCUT2D eigenvalue weighted by Crippen LogP contribution is 2.20. The zero-order chi connectivity index (χ0) is 15.6. The zero-order valence-corrected chi connectivity index (χ0v) is 12.3. The Morgan fingerprint density at radius 2 is 2.00 bits per heavy atom. The van der Waals surface area contributed by atoms with Crippen molar-refractivity contribution in [3.05, 3.63) is 54.1 Å². The number of amides is 1. The van der Waals surface area contributed by atoms with Crippen molar-refractivity contribution < 1.29 is 17.6 Å². The lowest BCUT2D eigenvalue weighted by Gasteiger charge is -2.18. The molecule has 5 nitrogen and oxygen atoms in total. The lowest BCUT2D eigenvalue weighted by atomic mass is 10.2. The number of halogens is 1. The first-order chi connectivity index (χ1) is 9.80. The topological polar surface area (TPSA) is 67.3 Å². The molecule has 1 aromatic carbocycles. The Labute approximate surface area is 122 Å². The van der Waals surface area contributed by atoms with E-state index in [1.807, 2.05) is 0 Å². The summed E-state index contributed by atoms with van der Waals surface area (Å²) in [5.41, 5.74) is 0.233. The molecule has 0 aliphatic heterocycles. The van der Waals surface area contributed by atoms with Gasteiger partial charge >= 0.3 is 0 Å². The van der Waals surface area contributed by atoms with E-state index < -0.39 is 21.6 Å². The lowest BCUT2D eigenvalue weighted by molar-refractivity contribution is 0.0989. The van der Waals surface area contributed by atoms with Gasteiger partial charge < -0.3 is 4.90 Å². The molecule has 1 aromatic heterocycles. The number of carbonyl (C=O) groups is 1. The van der Waals surface area contributed by atoms with Crippen LogP contribution in [0.4, 0.5) is 10.1 Å². The van der Waals surface area contributed by atoms with Gasteiger partial charge in [0.1, 0.15) is 0 Å². The zero-order valence-electron chi connectivity index (χ0n) is 11.4. The third-order valence-electron chi connectivity index (χ3n) is 2.94. The molecule has 0 spiro atoms. The van der Waals surface area contributed by atoms with Crippen molar-refractivity contribution >= 4 is 21.4 Å². The molecule has 0 bridgehead atoms. The van der Waals surface area contributed by atoms with Gasteiger partial charge in [0.15, 0.2) is 15.7 Å². The van der Waals surface area contributed by atoms with Crippen LogP contribution in [0.2, 0.25) is 0 Å². The smallest absolute Gasteiger partial charge is 0.261 e. The van der Waals surface area contributed by atoms with Gasteiger partial charge in [-0.05, 0) is 24.3 Å². The molecule has 0 fully saturated rings. The van der Waals surface area contributed by atoms with Crippen LogP contribution in [0.5, 0.6) is 0 Å². The van der Waals surface area contributed by atoms with Crippen molar-refractivity contribution in [2.24, 2.45) is 0 Å². The lowest BCUT2D eigenvalue weighted by Crippen LogP contribution is -2.27. The number of pyridine rings is 1. The second kappa shape index (κ2) is 5.61. The van der Waals surface area contributed by atoms with E-state index in [9.17, 15) is 17.6 Å². The first-order valence-corrected chi connectivity index (χ1v) is 7.87. The number of hydrogen-bond acceptors (Lipinski definition) is 4. The highest BCUT2D eigenvalue weighted by molar-refractivity contribution is 7.90. The van der Waals surface area contributed by atoms with Crippen molar-refractivity contribution in [1.29, 1.82) is 0 Å². The molecule has 0 saturated heterocycles. The third kappa shape index (κ3) is 3.25. The molecule has 0 aliphatic carbocycles. The van der Waals surface area contributed by atoms with Crippen molar-refractivity contribution in [3.8, 4) is 0 Å². The second-order valence-corrected chi connectivity index (χ2v) is 6.50. The summed E-state index contributed by atoms with van der Waals surface area (Å²) in [6, 6.07) is 7.18. The van der Waals surface area contributed by atoms with Crippen molar-refractivity contribution in [2.75, 3.05) is 18.2 Å². The summed E-state index contributed by atoms with van der Waals surface area (Å²) in [4.78, 5) is 17.1. The maximum Gasteiger partial charge on any atom is 0.261 e. The largest absolute Gasteiger partial charge is 0.311 e. The molecule has 2 rings (SSSR count). The van der Waals surface area contributed by atoms with E-state index in [4.69, 9.17) is 0 Å². The molecule has 0 unspecified atom stereocenters. The number of benzene rings is 1. The number of aromatic nitrogens is 1. The minimum Gasteiger partial charge on any atom is -0.311 e. The predicted molar refractivity (Wildman–Crippen MR) is 76.5 cm³/mol.